The molecule has 1 saturated heterocycles. The van der Waals surface area contributed by atoms with Gasteiger partial charge in [0, 0.05) is 23.8 Å². The topological polar surface area (TPSA) is 89.5 Å². The molecule has 6 nitrogen and oxygen atoms in total. The largest absolute Gasteiger partial charge is 0.377 e. The Hall–Kier alpha value is -0.670. The smallest absolute Gasteiger partial charge is 0.261 e. The lowest BCUT2D eigenvalue weighted by atomic mass is 10.1. The molecule has 0 bridgehead atoms. The van der Waals surface area contributed by atoms with E-state index in [0.29, 0.717) is 6.61 Å². The van der Waals surface area contributed by atoms with Gasteiger partial charge < -0.3 is 4.74 Å². The molecule has 1 atom stereocenters. The van der Waals surface area contributed by atoms with Crippen molar-refractivity contribution in [2.24, 2.45) is 0 Å². The SMILES string of the molecule is O=S(=O)(Cl)c1ccc(S(=O)(=O)NCC2CCCCO2)cc1. The van der Waals surface area contributed by atoms with Crippen molar-refractivity contribution in [1.82, 2.24) is 4.72 Å². The number of sulfonamides is 1. The number of hydrogen-bond donors (Lipinski definition) is 1. The number of benzene rings is 1. The van der Waals surface area contributed by atoms with E-state index < -0.39 is 19.1 Å². The Bertz CT molecular complexity index is 679. The lowest BCUT2D eigenvalue weighted by Crippen LogP contribution is -2.35. The number of nitrogens with one attached hydrogen (secondary N) is 1. The Morgan fingerprint density at radius 2 is 1.71 bits per heavy atom. The average molecular weight is 354 g/mol. The van der Waals surface area contributed by atoms with Crippen molar-refractivity contribution in [2.45, 2.75) is 35.2 Å². The van der Waals surface area contributed by atoms with Crippen molar-refractivity contribution >= 4 is 29.8 Å². The molecule has 1 aromatic rings. The molecule has 118 valence electrons. The summed E-state index contributed by atoms with van der Waals surface area (Å²) in [5, 5.41) is 0. The summed E-state index contributed by atoms with van der Waals surface area (Å²) in [5.74, 6) is 0. The van der Waals surface area contributed by atoms with E-state index in [1.165, 1.54) is 12.1 Å². The first kappa shape index (κ1) is 16.7. The highest BCUT2D eigenvalue weighted by Crippen LogP contribution is 2.18. The van der Waals surface area contributed by atoms with Gasteiger partial charge in [-0.1, -0.05) is 0 Å². The van der Waals surface area contributed by atoms with Gasteiger partial charge in [0.1, 0.15) is 0 Å². The molecule has 1 aromatic carbocycles. The fourth-order valence-electron chi connectivity index (χ4n) is 2.04. The van der Waals surface area contributed by atoms with Gasteiger partial charge in [0.2, 0.25) is 10.0 Å². The molecule has 1 aliphatic heterocycles. The number of halogens is 1. The summed E-state index contributed by atoms with van der Waals surface area (Å²) >= 11 is 0. The van der Waals surface area contributed by atoms with Crippen LogP contribution in [-0.2, 0) is 23.8 Å². The second kappa shape index (κ2) is 6.62. The van der Waals surface area contributed by atoms with Crippen molar-refractivity contribution in [3.63, 3.8) is 0 Å². The molecule has 0 saturated carbocycles. The molecule has 9 heteroatoms. The summed E-state index contributed by atoms with van der Waals surface area (Å²) in [6.45, 7) is 0.854. The van der Waals surface area contributed by atoms with Crippen LogP contribution in [0.4, 0.5) is 0 Å². The van der Waals surface area contributed by atoms with Crippen LogP contribution in [0.25, 0.3) is 0 Å². The molecular weight excluding hydrogens is 338 g/mol. The van der Waals surface area contributed by atoms with Crippen molar-refractivity contribution in [1.29, 1.82) is 0 Å². The maximum atomic E-state index is 12.1. The van der Waals surface area contributed by atoms with Crippen LogP contribution in [0.5, 0.6) is 0 Å². The van der Waals surface area contributed by atoms with Gasteiger partial charge in [-0.25, -0.2) is 21.6 Å². The quantitative estimate of drug-likeness (QED) is 0.809. The molecule has 0 radical (unpaired) electrons. The highest BCUT2D eigenvalue weighted by Gasteiger charge is 2.20. The van der Waals surface area contributed by atoms with Gasteiger partial charge in [0.25, 0.3) is 9.05 Å². The number of rotatable bonds is 5. The van der Waals surface area contributed by atoms with E-state index in [9.17, 15) is 16.8 Å². The first-order valence-electron chi connectivity index (χ1n) is 6.45. The Balaban J connectivity index is 2.05. The fraction of sp³-hybridized carbons (Fsp3) is 0.500. The van der Waals surface area contributed by atoms with Crippen LogP contribution in [0.1, 0.15) is 19.3 Å². The Morgan fingerprint density at radius 1 is 1.10 bits per heavy atom. The third-order valence-corrected chi connectivity index (χ3v) is 6.00. The summed E-state index contributed by atoms with van der Waals surface area (Å²) in [6, 6.07) is 4.74. The predicted molar refractivity (Wildman–Crippen MR) is 78.3 cm³/mol. The highest BCUT2D eigenvalue weighted by molar-refractivity contribution is 8.13. The number of ether oxygens (including phenoxy) is 1. The minimum Gasteiger partial charge on any atom is -0.377 e. The molecule has 0 aliphatic carbocycles. The zero-order valence-corrected chi connectivity index (χ0v) is 13.5. The standard InChI is InChI=1S/C12H16ClNO5S2/c13-20(15,16)11-4-6-12(7-5-11)21(17,18)14-9-10-3-1-2-8-19-10/h4-7,10,14H,1-3,8-9H2. The molecular formula is C12H16ClNO5S2. The number of hydrogen-bond acceptors (Lipinski definition) is 5. The van der Waals surface area contributed by atoms with E-state index in [1.54, 1.807) is 0 Å². The molecule has 21 heavy (non-hydrogen) atoms. The molecule has 1 N–H and O–H groups in total. The molecule has 1 unspecified atom stereocenters. The van der Waals surface area contributed by atoms with E-state index in [0.717, 1.165) is 31.4 Å². The van der Waals surface area contributed by atoms with Crippen molar-refractivity contribution < 1.29 is 21.6 Å². The van der Waals surface area contributed by atoms with Gasteiger partial charge in [0.15, 0.2) is 0 Å². The Kier molecular flexibility index (Phi) is 5.26. The summed E-state index contributed by atoms with van der Waals surface area (Å²) in [6.07, 6.45) is 2.73. The zero-order valence-electron chi connectivity index (χ0n) is 11.2. The van der Waals surface area contributed by atoms with Gasteiger partial charge >= 0.3 is 0 Å². The highest BCUT2D eigenvalue weighted by atomic mass is 35.7. The molecule has 0 amide bonds. The van der Waals surface area contributed by atoms with Gasteiger partial charge in [0.05, 0.1) is 15.9 Å². The Labute approximate surface area is 128 Å². The molecule has 2 rings (SSSR count). The van der Waals surface area contributed by atoms with E-state index in [4.69, 9.17) is 15.4 Å². The van der Waals surface area contributed by atoms with Crippen LogP contribution < -0.4 is 4.72 Å². The van der Waals surface area contributed by atoms with Crippen molar-refractivity contribution in [3.8, 4) is 0 Å². The normalized spacial score (nSPS) is 20.3. The van der Waals surface area contributed by atoms with E-state index in [2.05, 4.69) is 4.72 Å². The minimum atomic E-state index is -3.86. The molecule has 0 spiro atoms. The van der Waals surface area contributed by atoms with Crippen molar-refractivity contribution in [3.05, 3.63) is 24.3 Å². The molecule has 1 heterocycles. The summed E-state index contributed by atoms with van der Waals surface area (Å²) in [4.78, 5) is -0.152. The predicted octanol–water partition coefficient (Wildman–Crippen LogP) is 1.46. The Morgan fingerprint density at radius 3 is 2.24 bits per heavy atom. The van der Waals surface area contributed by atoms with Gasteiger partial charge in [-0.05, 0) is 43.5 Å². The van der Waals surface area contributed by atoms with Crippen molar-refractivity contribution in [2.75, 3.05) is 13.2 Å². The second-order valence-corrected chi connectivity index (χ2v) is 9.08. The van der Waals surface area contributed by atoms with Gasteiger partial charge in [-0.2, -0.15) is 0 Å². The summed E-state index contributed by atoms with van der Waals surface area (Å²) < 4.78 is 54.3. The van der Waals surface area contributed by atoms with Crippen LogP contribution in [0, 0.1) is 0 Å². The zero-order chi connectivity index (χ0) is 15.5. The third-order valence-electron chi connectivity index (χ3n) is 3.19. The first-order chi connectivity index (χ1) is 9.79. The minimum absolute atomic E-state index is 0.0117. The summed E-state index contributed by atoms with van der Waals surface area (Å²) in [5.41, 5.74) is 0. The second-order valence-electron chi connectivity index (χ2n) is 4.75. The van der Waals surface area contributed by atoms with Gasteiger partial charge in [-0.3, -0.25) is 0 Å². The lowest BCUT2D eigenvalue weighted by Gasteiger charge is -2.22. The summed E-state index contributed by atoms with van der Waals surface area (Å²) in [7, 11) is -2.37. The van der Waals surface area contributed by atoms with Crippen LogP contribution in [0.3, 0.4) is 0 Å². The molecule has 0 aromatic heterocycles. The van der Waals surface area contributed by atoms with E-state index >= 15 is 0 Å². The molecule has 1 aliphatic rings. The fourth-order valence-corrected chi connectivity index (χ4v) is 3.87. The monoisotopic (exact) mass is 353 g/mol. The third kappa shape index (κ3) is 4.65. The maximum Gasteiger partial charge on any atom is 0.261 e. The average Bonchev–Trinajstić information content (AvgIpc) is 2.46. The van der Waals surface area contributed by atoms with Crippen LogP contribution >= 0.6 is 10.7 Å². The van der Waals surface area contributed by atoms with Crippen LogP contribution in [0.2, 0.25) is 0 Å². The van der Waals surface area contributed by atoms with E-state index in [-0.39, 0.29) is 22.4 Å². The molecule has 1 fully saturated rings. The van der Waals surface area contributed by atoms with E-state index in [1.807, 2.05) is 0 Å². The van der Waals surface area contributed by atoms with Crippen LogP contribution in [0.15, 0.2) is 34.1 Å². The lowest BCUT2D eigenvalue weighted by molar-refractivity contribution is 0.0200. The van der Waals surface area contributed by atoms with Gasteiger partial charge in [-0.15, -0.1) is 0 Å². The first-order valence-corrected chi connectivity index (χ1v) is 10.2. The maximum absolute atomic E-state index is 12.1. The van der Waals surface area contributed by atoms with Crippen LogP contribution in [-0.4, -0.2) is 36.1 Å².